The van der Waals surface area contributed by atoms with Gasteiger partial charge in [-0.3, -0.25) is 18.7 Å². The number of nitrogens with zero attached hydrogens (tertiary/aromatic N) is 4. The van der Waals surface area contributed by atoms with Crippen molar-refractivity contribution >= 4 is 16.9 Å². The summed E-state index contributed by atoms with van der Waals surface area (Å²) >= 11 is 0. The van der Waals surface area contributed by atoms with Crippen molar-refractivity contribution in [2.24, 2.45) is 14.1 Å². The van der Waals surface area contributed by atoms with E-state index in [0.717, 1.165) is 4.57 Å². The largest absolute Gasteiger partial charge is 0.469 e. The summed E-state index contributed by atoms with van der Waals surface area (Å²) in [6.45, 7) is 0.269. The van der Waals surface area contributed by atoms with E-state index in [1.54, 1.807) is 42.1 Å². The van der Waals surface area contributed by atoms with Gasteiger partial charge in [0.05, 0.1) is 41.8 Å². The van der Waals surface area contributed by atoms with E-state index >= 15 is 0 Å². The average molecular weight is 366 g/mol. The van der Waals surface area contributed by atoms with Crippen LogP contribution < -0.4 is 11.2 Å². The van der Waals surface area contributed by atoms with Crippen molar-refractivity contribution in [1.82, 2.24) is 13.7 Å². The Morgan fingerprint density at radius 1 is 1.22 bits per heavy atom. The second-order valence-electron chi connectivity index (χ2n) is 6.16. The molecule has 0 amide bonds. The average Bonchev–Trinajstić information content (AvgIpc) is 3.08. The second kappa shape index (κ2) is 6.96. The Morgan fingerprint density at radius 2 is 1.96 bits per heavy atom. The molecule has 0 N–H and O–H groups in total. The predicted molar refractivity (Wildman–Crippen MR) is 99.2 cm³/mol. The highest BCUT2D eigenvalue weighted by atomic mass is 16.5. The number of hydrogen-bond donors (Lipinski definition) is 0. The van der Waals surface area contributed by atoms with Crippen LogP contribution in [-0.4, -0.2) is 26.8 Å². The van der Waals surface area contributed by atoms with Crippen molar-refractivity contribution in [2.75, 3.05) is 7.11 Å². The standard InChI is InChI=1S/C19H18N4O4/c1-21-14-11-23(8-7-15(24)27-3)17(13-6-4-5-12(9-13)10-20)16(14)18(25)22(2)19(21)26/h4-6,9,11H,7-8H2,1-3H3. The second-order valence-corrected chi connectivity index (χ2v) is 6.16. The molecular weight excluding hydrogens is 348 g/mol. The fourth-order valence-corrected chi connectivity index (χ4v) is 3.13. The zero-order valence-electron chi connectivity index (χ0n) is 15.2. The Morgan fingerprint density at radius 3 is 2.63 bits per heavy atom. The quantitative estimate of drug-likeness (QED) is 0.645. The van der Waals surface area contributed by atoms with Gasteiger partial charge in [0, 0.05) is 32.4 Å². The van der Waals surface area contributed by atoms with Gasteiger partial charge in [-0.1, -0.05) is 12.1 Å². The molecule has 2 aromatic heterocycles. The van der Waals surface area contributed by atoms with Crippen molar-refractivity contribution in [3.05, 3.63) is 56.9 Å². The highest BCUT2D eigenvalue weighted by molar-refractivity contribution is 5.94. The number of nitriles is 1. The molecule has 0 unspecified atom stereocenters. The van der Waals surface area contributed by atoms with Gasteiger partial charge >= 0.3 is 11.7 Å². The van der Waals surface area contributed by atoms with Gasteiger partial charge in [0.1, 0.15) is 0 Å². The van der Waals surface area contributed by atoms with E-state index in [4.69, 9.17) is 4.74 Å². The van der Waals surface area contributed by atoms with Crippen molar-refractivity contribution in [3.63, 3.8) is 0 Å². The maximum absolute atomic E-state index is 12.8. The molecule has 3 aromatic rings. The van der Waals surface area contributed by atoms with Crippen LogP contribution in [0.4, 0.5) is 0 Å². The van der Waals surface area contributed by atoms with E-state index in [1.807, 2.05) is 0 Å². The molecule has 0 radical (unpaired) electrons. The number of carbonyl (C=O) groups excluding carboxylic acids is 1. The number of ether oxygens (including phenoxy) is 1. The van der Waals surface area contributed by atoms with Gasteiger partial charge in [0.25, 0.3) is 5.56 Å². The molecule has 0 atom stereocenters. The van der Waals surface area contributed by atoms with Gasteiger partial charge in [-0.05, 0) is 12.1 Å². The normalized spacial score (nSPS) is 10.7. The first kappa shape index (κ1) is 18.2. The summed E-state index contributed by atoms with van der Waals surface area (Å²) in [7, 11) is 4.32. The summed E-state index contributed by atoms with van der Waals surface area (Å²) in [5, 5.41) is 9.56. The molecule has 1 aromatic carbocycles. The summed E-state index contributed by atoms with van der Waals surface area (Å²) in [5.41, 5.74) is 1.26. The zero-order valence-corrected chi connectivity index (χ0v) is 15.2. The third kappa shape index (κ3) is 3.04. The Bertz CT molecular complexity index is 1210. The Kier molecular flexibility index (Phi) is 4.69. The zero-order chi connectivity index (χ0) is 19.7. The number of hydrogen-bond acceptors (Lipinski definition) is 5. The van der Waals surface area contributed by atoms with Crippen LogP contribution in [0.25, 0.3) is 22.2 Å². The minimum Gasteiger partial charge on any atom is -0.469 e. The minimum absolute atomic E-state index is 0.108. The molecule has 27 heavy (non-hydrogen) atoms. The van der Waals surface area contributed by atoms with E-state index < -0.39 is 11.2 Å². The SMILES string of the molecule is COC(=O)CCn1cc2c(c1-c1cccc(C#N)c1)c(=O)n(C)c(=O)n2C. The fourth-order valence-electron chi connectivity index (χ4n) is 3.13. The van der Waals surface area contributed by atoms with E-state index in [-0.39, 0.29) is 18.9 Å². The molecule has 0 spiro atoms. The highest BCUT2D eigenvalue weighted by Gasteiger charge is 2.20. The minimum atomic E-state index is -0.435. The lowest BCUT2D eigenvalue weighted by Gasteiger charge is -2.10. The Labute approximate surface area is 154 Å². The topological polar surface area (TPSA) is 99.0 Å². The first-order valence-corrected chi connectivity index (χ1v) is 8.25. The van der Waals surface area contributed by atoms with Crippen LogP contribution in [0.5, 0.6) is 0 Å². The van der Waals surface area contributed by atoms with Gasteiger partial charge in [0.2, 0.25) is 0 Å². The molecule has 0 fully saturated rings. The third-order valence-electron chi connectivity index (χ3n) is 4.56. The number of carbonyl (C=O) groups is 1. The smallest absolute Gasteiger partial charge is 0.330 e. The molecule has 138 valence electrons. The first-order chi connectivity index (χ1) is 12.9. The Balaban J connectivity index is 2.36. The van der Waals surface area contributed by atoms with Crippen LogP contribution in [0.15, 0.2) is 40.1 Å². The summed E-state index contributed by atoms with van der Waals surface area (Å²) < 4.78 is 8.88. The number of fused-ring (bicyclic) bond motifs is 1. The van der Waals surface area contributed by atoms with E-state index in [2.05, 4.69) is 6.07 Å². The van der Waals surface area contributed by atoms with Crippen LogP contribution in [0, 0.1) is 11.3 Å². The molecule has 8 heteroatoms. The first-order valence-electron chi connectivity index (χ1n) is 8.25. The maximum atomic E-state index is 12.8. The van der Waals surface area contributed by atoms with Crippen LogP contribution >= 0.6 is 0 Å². The van der Waals surface area contributed by atoms with Crippen LogP contribution in [-0.2, 0) is 30.2 Å². The van der Waals surface area contributed by atoms with E-state index in [1.165, 1.54) is 18.7 Å². The van der Waals surface area contributed by atoms with Crippen LogP contribution in [0.1, 0.15) is 12.0 Å². The lowest BCUT2D eigenvalue weighted by Crippen LogP contribution is -2.36. The van der Waals surface area contributed by atoms with Gasteiger partial charge in [0.15, 0.2) is 0 Å². The summed E-state index contributed by atoms with van der Waals surface area (Å²) in [5.74, 6) is -0.383. The molecular formula is C19H18N4O4. The van der Waals surface area contributed by atoms with Gasteiger partial charge < -0.3 is 9.30 Å². The van der Waals surface area contributed by atoms with Gasteiger partial charge in [-0.2, -0.15) is 5.26 Å². The maximum Gasteiger partial charge on any atom is 0.330 e. The van der Waals surface area contributed by atoms with Gasteiger partial charge in [-0.25, -0.2) is 4.79 Å². The summed E-state index contributed by atoms with van der Waals surface area (Å²) in [6.07, 6.45) is 1.78. The number of aryl methyl sites for hydroxylation is 2. The molecule has 3 rings (SSSR count). The Hall–Kier alpha value is -3.60. The summed E-state index contributed by atoms with van der Waals surface area (Å²) in [4.78, 5) is 36.7. The molecule has 2 heterocycles. The monoisotopic (exact) mass is 366 g/mol. The molecule has 0 aliphatic carbocycles. The summed E-state index contributed by atoms with van der Waals surface area (Å²) in [6, 6.07) is 8.94. The number of aromatic nitrogens is 3. The molecule has 0 aliphatic heterocycles. The highest BCUT2D eigenvalue weighted by Crippen LogP contribution is 2.29. The fraction of sp³-hybridized carbons (Fsp3) is 0.263. The van der Waals surface area contributed by atoms with Crippen molar-refractivity contribution < 1.29 is 9.53 Å². The third-order valence-corrected chi connectivity index (χ3v) is 4.56. The van der Waals surface area contributed by atoms with Crippen molar-refractivity contribution in [2.45, 2.75) is 13.0 Å². The molecule has 0 saturated carbocycles. The van der Waals surface area contributed by atoms with E-state index in [9.17, 15) is 19.6 Å². The lowest BCUT2D eigenvalue weighted by atomic mass is 10.1. The number of esters is 1. The van der Waals surface area contributed by atoms with Crippen molar-refractivity contribution in [1.29, 1.82) is 5.26 Å². The number of methoxy groups -OCH3 is 1. The van der Waals surface area contributed by atoms with Crippen LogP contribution in [0.3, 0.4) is 0 Å². The lowest BCUT2D eigenvalue weighted by molar-refractivity contribution is -0.140. The number of rotatable bonds is 4. The number of benzene rings is 1. The molecule has 8 nitrogen and oxygen atoms in total. The van der Waals surface area contributed by atoms with Crippen molar-refractivity contribution in [3.8, 4) is 17.3 Å². The molecule has 0 aliphatic rings. The molecule has 0 saturated heterocycles. The van der Waals surface area contributed by atoms with Crippen LogP contribution in [0.2, 0.25) is 0 Å². The predicted octanol–water partition coefficient (Wildman–Crippen LogP) is 1.14. The van der Waals surface area contributed by atoms with Gasteiger partial charge in [-0.15, -0.1) is 0 Å². The molecule has 0 bridgehead atoms. The van der Waals surface area contributed by atoms with E-state index in [0.29, 0.717) is 27.7 Å².